The van der Waals surface area contributed by atoms with Gasteiger partial charge in [0.05, 0.1) is 12.5 Å². The van der Waals surface area contributed by atoms with Crippen LogP contribution in [0.1, 0.15) is 38.8 Å². The van der Waals surface area contributed by atoms with E-state index < -0.39 is 0 Å². The van der Waals surface area contributed by atoms with Crippen molar-refractivity contribution in [3.63, 3.8) is 0 Å². The molecule has 2 unspecified atom stereocenters. The molecule has 0 heterocycles. The van der Waals surface area contributed by atoms with Crippen LogP contribution in [-0.2, 0) is 9.53 Å². The van der Waals surface area contributed by atoms with Crippen LogP contribution in [0.3, 0.4) is 0 Å². The number of hydrogen-bond donors (Lipinski definition) is 2. The third-order valence-corrected chi connectivity index (χ3v) is 3.52. The molecule has 2 atom stereocenters. The second kappa shape index (κ2) is 11.5. The maximum absolute atomic E-state index is 12.1. The first kappa shape index (κ1) is 20.9. The molecule has 22 heavy (non-hydrogen) atoms. The molecular formula is C17H29ClN2O2. The Morgan fingerprint density at radius 3 is 2.41 bits per heavy atom. The molecule has 4 nitrogen and oxygen atoms in total. The van der Waals surface area contributed by atoms with Crippen LogP contribution in [0.4, 0.5) is 0 Å². The van der Waals surface area contributed by atoms with Gasteiger partial charge in [-0.1, -0.05) is 51.1 Å². The van der Waals surface area contributed by atoms with E-state index in [4.69, 9.17) is 10.5 Å². The van der Waals surface area contributed by atoms with Crippen LogP contribution in [0.25, 0.3) is 0 Å². The lowest BCUT2D eigenvalue weighted by molar-refractivity contribution is -0.125. The predicted molar refractivity (Wildman–Crippen MR) is 93.1 cm³/mol. The van der Waals surface area contributed by atoms with Crippen LogP contribution >= 0.6 is 12.4 Å². The van der Waals surface area contributed by atoms with Crippen molar-refractivity contribution >= 4 is 18.3 Å². The molecule has 3 N–H and O–H groups in total. The van der Waals surface area contributed by atoms with E-state index in [-0.39, 0.29) is 30.3 Å². The fourth-order valence-electron chi connectivity index (χ4n) is 1.96. The number of amides is 1. The van der Waals surface area contributed by atoms with E-state index >= 15 is 0 Å². The van der Waals surface area contributed by atoms with Gasteiger partial charge in [0.2, 0.25) is 5.91 Å². The number of carbonyl (C=O) groups excluding carboxylic acids is 1. The van der Waals surface area contributed by atoms with Gasteiger partial charge >= 0.3 is 0 Å². The van der Waals surface area contributed by atoms with Gasteiger partial charge in [0, 0.05) is 19.2 Å². The molecule has 1 aromatic carbocycles. The lowest BCUT2D eigenvalue weighted by Gasteiger charge is -2.19. The van der Waals surface area contributed by atoms with E-state index in [0.717, 1.165) is 18.6 Å². The van der Waals surface area contributed by atoms with Gasteiger partial charge in [0.25, 0.3) is 0 Å². The summed E-state index contributed by atoms with van der Waals surface area (Å²) in [7, 11) is 0. The van der Waals surface area contributed by atoms with E-state index in [1.54, 1.807) is 0 Å². The molecule has 0 radical (unpaired) electrons. The van der Waals surface area contributed by atoms with Crippen LogP contribution in [-0.4, -0.2) is 25.7 Å². The molecule has 0 aliphatic heterocycles. The van der Waals surface area contributed by atoms with E-state index in [1.807, 2.05) is 37.3 Å². The van der Waals surface area contributed by atoms with E-state index in [9.17, 15) is 4.79 Å². The number of benzene rings is 1. The standard InChI is InChI=1S/C17H28N2O2.ClH/c1-13(2)9-11-21-12-10-19-17(20)14(3)16(18)15-7-5-4-6-8-15;/h4-8,13-14,16H,9-12,18H2,1-3H3,(H,19,20);1H. The summed E-state index contributed by atoms with van der Waals surface area (Å²) in [6, 6.07) is 9.42. The quantitative estimate of drug-likeness (QED) is 0.685. The summed E-state index contributed by atoms with van der Waals surface area (Å²) in [5.41, 5.74) is 7.11. The highest BCUT2D eigenvalue weighted by atomic mass is 35.5. The summed E-state index contributed by atoms with van der Waals surface area (Å²) >= 11 is 0. The van der Waals surface area contributed by atoms with Crippen molar-refractivity contribution in [1.29, 1.82) is 0 Å². The van der Waals surface area contributed by atoms with Crippen molar-refractivity contribution in [3.8, 4) is 0 Å². The monoisotopic (exact) mass is 328 g/mol. The molecule has 0 saturated heterocycles. The Kier molecular flexibility index (Phi) is 10.9. The third-order valence-electron chi connectivity index (χ3n) is 3.52. The van der Waals surface area contributed by atoms with Crippen molar-refractivity contribution in [3.05, 3.63) is 35.9 Å². The largest absolute Gasteiger partial charge is 0.380 e. The second-order valence-corrected chi connectivity index (χ2v) is 5.81. The van der Waals surface area contributed by atoms with Crippen molar-refractivity contribution in [1.82, 2.24) is 5.32 Å². The van der Waals surface area contributed by atoms with Gasteiger partial charge in [0.15, 0.2) is 0 Å². The maximum Gasteiger partial charge on any atom is 0.224 e. The summed E-state index contributed by atoms with van der Waals surface area (Å²) in [6.45, 7) is 8.00. The zero-order valence-electron chi connectivity index (χ0n) is 13.7. The van der Waals surface area contributed by atoms with Gasteiger partial charge in [-0.05, 0) is 17.9 Å². The number of nitrogens with one attached hydrogen (secondary N) is 1. The Morgan fingerprint density at radius 2 is 1.82 bits per heavy atom. The average molecular weight is 329 g/mol. The minimum absolute atomic E-state index is 0. The van der Waals surface area contributed by atoms with Crippen molar-refractivity contribution in [2.24, 2.45) is 17.6 Å². The highest BCUT2D eigenvalue weighted by Crippen LogP contribution is 2.18. The van der Waals surface area contributed by atoms with Crippen molar-refractivity contribution in [2.75, 3.05) is 19.8 Å². The minimum atomic E-state index is -0.284. The van der Waals surface area contributed by atoms with Gasteiger partial charge in [-0.15, -0.1) is 12.4 Å². The molecule has 0 aliphatic carbocycles. The van der Waals surface area contributed by atoms with Gasteiger partial charge in [-0.3, -0.25) is 4.79 Å². The number of hydrogen-bond acceptors (Lipinski definition) is 3. The van der Waals surface area contributed by atoms with Crippen LogP contribution in [0.15, 0.2) is 30.3 Å². The number of halogens is 1. The molecule has 0 aromatic heterocycles. The van der Waals surface area contributed by atoms with E-state index in [2.05, 4.69) is 19.2 Å². The first-order valence-corrected chi connectivity index (χ1v) is 7.68. The Bertz CT molecular complexity index is 412. The molecule has 0 spiro atoms. The van der Waals surface area contributed by atoms with Gasteiger partial charge in [-0.2, -0.15) is 0 Å². The van der Waals surface area contributed by atoms with Gasteiger partial charge in [0.1, 0.15) is 0 Å². The van der Waals surface area contributed by atoms with Crippen LogP contribution in [0, 0.1) is 11.8 Å². The summed E-state index contributed by atoms with van der Waals surface area (Å²) in [5.74, 6) is 0.352. The SMILES string of the molecule is CC(C)CCOCCNC(=O)C(C)C(N)c1ccccc1.Cl. The minimum Gasteiger partial charge on any atom is -0.380 e. The molecule has 0 fully saturated rings. The molecule has 1 aromatic rings. The lowest BCUT2D eigenvalue weighted by atomic mass is 9.95. The molecule has 126 valence electrons. The summed E-state index contributed by atoms with van der Waals surface area (Å²) in [5, 5.41) is 2.88. The number of carbonyl (C=O) groups is 1. The number of ether oxygens (including phenoxy) is 1. The fourth-order valence-corrected chi connectivity index (χ4v) is 1.96. The number of nitrogens with two attached hydrogens (primary N) is 1. The summed E-state index contributed by atoms with van der Waals surface area (Å²) < 4.78 is 5.47. The zero-order chi connectivity index (χ0) is 15.7. The van der Waals surface area contributed by atoms with E-state index in [1.165, 1.54) is 0 Å². The molecule has 0 saturated carbocycles. The Morgan fingerprint density at radius 1 is 1.18 bits per heavy atom. The van der Waals surface area contributed by atoms with Crippen LogP contribution in [0.2, 0.25) is 0 Å². The maximum atomic E-state index is 12.1. The molecule has 1 rings (SSSR count). The van der Waals surface area contributed by atoms with Crippen LogP contribution in [0.5, 0.6) is 0 Å². The number of rotatable bonds is 9. The first-order chi connectivity index (χ1) is 10.0. The van der Waals surface area contributed by atoms with Crippen molar-refractivity contribution < 1.29 is 9.53 Å². The first-order valence-electron chi connectivity index (χ1n) is 7.68. The second-order valence-electron chi connectivity index (χ2n) is 5.81. The van der Waals surface area contributed by atoms with E-state index in [0.29, 0.717) is 19.1 Å². The molecule has 0 bridgehead atoms. The molecule has 1 amide bonds. The predicted octanol–water partition coefficient (Wildman–Crippen LogP) is 2.92. The molecule has 5 heteroatoms. The highest BCUT2D eigenvalue weighted by molar-refractivity contribution is 5.85. The van der Waals surface area contributed by atoms with Gasteiger partial charge < -0.3 is 15.8 Å². The Labute approximate surface area is 140 Å². The third kappa shape index (κ3) is 7.78. The topological polar surface area (TPSA) is 64.3 Å². The smallest absolute Gasteiger partial charge is 0.224 e. The molecule has 0 aliphatic rings. The summed E-state index contributed by atoms with van der Waals surface area (Å²) in [6.07, 6.45) is 1.04. The van der Waals surface area contributed by atoms with Crippen molar-refractivity contribution in [2.45, 2.75) is 33.2 Å². The average Bonchev–Trinajstić information content (AvgIpc) is 2.49. The summed E-state index contributed by atoms with van der Waals surface area (Å²) in [4.78, 5) is 12.1. The fraction of sp³-hybridized carbons (Fsp3) is 0.588. The van der Waals surface area contributed by atoms with Crippen LogP contribution < -0.4 is 11.1 Å². The normalized spacial score (nSPS) is 13.3. The zero-order valence-corrected chi connectivity index (χ0v) is 14.6. The van der Waals surface area contributed by atoms with Gasteiger partial charge in [-0.25, -0.2) is 0 Å². The lowest BCUT2D eigenvalue weighted by Crippen LogP contribution is -2.37. The Hall–Kier alpha value is -1.10. The molecular weight excluding hydrogens is 300 g/mol. The Balaban J connectivity index is 0.00000441. The highest BCUT2D eigenvalue weighted by Gasteiger charge is 2.21.